The Balaban J connectivity index is 1.78. The highest BCUT2D eigenvalue weighted by Crippen LogP contribution is 2.21. The molecule has 2 aromatic rings. The van der Waals surface area contributed by atoms with Crippen LogP contribution in [0, 0.1) is 6.92 Å². The Labute approximate surface area is 140 Å². The first-order valence-corrected chi connectivity index (χ1v) is 9.53. The number of hydrogen-bond acceptors (Lipinski definition) is 5. The third-order valence-electron chi connectivity index (χ3n) is 3.99. The van der Waals surface area contributed by atoms with E-state index < -0.39 is 9.84 Å². The number of carbonyl (C=O) groups excluding carboxylic acids is 1. The van der Waals surface area contributed by atoms with Crippen molar-refractivity contribution in [3.63, 3.8) is 0 Å². The zero-order valence-electron chi connectivity index (χ0n) is 13.3. The molecule has 24 heavy (non-hydrogen) atoms. The molecular formula is C17H19NO5S. The molecule has 1 aliphatic rings. The SMILES string of the molecule is Cc1ccc(C=CC(=O)N(Cc2ccco2)C2CCS(=O)(=O)C2)o1. The number of carbonyl (C=O) groups is 1. The molecule has 0 saturated carbocycles. The van der Waals surface area contributed by atoms with E-state index in [0.29, 0.717) is 17.9 Å². The summed E-state index contributed by atoms with van der Waals surface area (Å²) in [4.78, 5) is 14.2. The highest BCUT2D eigenvalue weighted by atomic mass is 32.2. The predicted molar refractivity (Wildman–Crippen MR) is 88.8 cm³/mol. The summed E-state index contributed by atoms with van der Waals surface area (Å²) in [7, 11) is -3.08. The summed E-state index contributed by atoms with van der Waals surface area (Å²) in [5.41, 5.74) is 0. The normalized spacial score (nSPS) is 19.8. The van der Waals surface area contributed by atoms with Crippen molar-refractivity contribution in [1.29, 1.82) is 0 Å². The molecule has 0 N–H and O–H groups in total. The van der Waals surface area contributed by atoms with Gasteiger partial charge in [0.15, 0.2) is 9.84 Å². The standard InChI is InChI=1S/C17H19NO5S/c1-13-4-5-15(23-13)6-7-17(19)18(11-16-3-2-9-22-16)14-8-10-24(20,21)12-14/h2-7,9,14H,8,10-12H2,1H3. The van der Waals surface area contributed by atoms with E-state index in [1.807, 2.05) is 13.0 Å². The number of furan rings is 2. The maximum absolute atomic E-state index is 12.6. The summed E-state index contributed by atoms with van der Waals surface area (Å²) in [6.45, 7) is 2.07. The Kier molecular flexibility index (Phi) is 4.62. The first-order chi connectivity index (χ1) is 11.4. The summed E-state index contributed by atoms with van der Waals surface area (Å²) in [6.07, 6.45) is 4.98. The van der Waals surface area contributed by atoms with Gasteiger partial charge in [0.05, 0.1) is 24.3 Å². The maximum Gasteiger partial charge on any atom is 0.247 e. The fraction of sp³-hybridized carbons (Fsp3) is 0.353. The number of rotatable bonds is 5. The van der Waals surface area contributed by atoms with Gasteiger partial charge in [-0.3, -0.25) is 4.79 Å². The molecule has 128 valence electrons. The summed E-state index contributed by atoms with van der Waals surface area (Å²) in [6, 6.07) is 6.76. The molecule has 0 radical (unpaired) electrons. The van der Waals surface area contributed by atoms with Gasteiger partial charge in [0.2, 0.25) is 5.91 Å². The summed E-state index contributed by atoms with van der Waals surface area (Å²) in [5, 5.41) is 0. The van der Waals surface area contributed by atoms with Crippen LogP contribution in [-0.4, -0.2) is 36.8 Å². The third kappa shape index (κ3) is 3.97. The van der Waals surface area contributed by atoms with Crippen molar-refractivity contribution >= 4 is 21.8 Å². The molecule has 1 unspecified atom stereocenters. The lowest BCUT2D eigenvalue weighted by Gasteiger charge is -2.26. The van der Waals surface area contributed by atoms with Gasteiger partial charge in [0.25, 0.3) is 0 Å². The number of hydrogen-bond donors (Lipinski definition) is 0. The van der Waals surface area contributed by atoms with Gasteiger partial charge in [-0.15, -0.1) is 0 Å². The average molecular weight is 349 g/mol. The van der Waals surface area contributed by atoms with Crippen molar-refractivity contribution in [2.24, 2.45) is 0 Å². The van der Waals surface area contributed by atoms with Crippen LogP contribution in [0.3, 0.4) is 0 Å². The quantitative estimate of drug-likeness (QED) is 0.774. The molecule has 1 amide bonds. The van der Waals surface area contributed by atoms with Crippen molar-refractivity contribution in [3.05, 3.63) is 53.9 Å². The van der Waals surface area contributed by atoms with E-state index in [4.69, 9.17) is 8.83 Å². The van der Waals surface area contributed by atoms with Crippen LogP contribution >= 0.6 is 0 Å². The van der Waals surface area contributed by atoms with Gasteiger partial charge >= 0.3 is 0 Å². The van der Waals surface area contributed by atoms with Crippen molar-refractivity contribution in [2.45, 2.75) is 25.9 Å². The van der Waals surface area contributed by atoms with Crippen LogP contribution in [0.25, 0.3) is 6.08 Å². The fourth-order valence-electron chi connectivity index (χ4n) is 2.77. The minimum Gasteiger partial charge on any atom is -0.467 e. The molecule has 0 bridgehead atoms. The van der Waals surface area contributed by atoms with Gasteiger partial charge in [-0.25, -0.2) is 8.42 Å². The van der Waals surface area contributed by atoms with Crippen LogP contribution < -0.4 is 0 Å². The Morgan fingerprint density at radius 3 is 2.79 bits per heavy atom. The van der Waals surface area contributed by atoms with E-state index in [1.165, 1.54) is 12.3 Å². The Bertz CT molecular complexity index is 832. The van der Waals surface area contributed by atoms with Gasteiger partial charge in [-0.05, 0) is 43.7 Å². The minimum atomic E-state index is -3.08. The van der Waals surface area contributed by atoms with Gasteiger partial charge in [-0.2, -0.15) is 0 Å². The second-order valence-electron chi connectivity index (χ2n) is 5.88. The molecule has 3 rings (SSSR count). The van der Waals surface area contributed by atoms with E-state index in [1.54, 1.807) is 29.2 Å². The topological polar surface area (TPSA) is 80.7 Å². The van der Waals surface area contributed by atoms with Crippen LogP contribution in [0.15, 0.2) is 45.4 Å². The first-order valence-electron chi connectivity index (χ1n) is 7.71. The summed E-state index contributed by atoms with van der Waals surface area (Å²) >= 11 is 0. The van der Waals surface area contributed by atoms with Crippen LogP contribution in [-0.2, 0) is 21.2 Å². The highest BCUT2D eigenvalue weighted by molar-refractivity contribution is 7.91. The zero-order chi connectivity index (χ0) is 17.2. The van der Waals surface area contributed by atoms with Crippen LogP contribution in [0.1, 0.15) is 23.7 Å². The number of amides is 1. The lowest BCUT2D eigenvalue weighted by Crippen LogP contribution is -2.39. The van der Waals surface area contributed by atoms with Crippen molar-refractivity contribution < 1.29 is 22.0 Å². The second-order valence-corrected chi connectivity index (χ2v) is 8.11. The Hall–Kier alpha value is -2.28. The molecule has 6 nitrogen and oxygen atoms in total. The van der Waals surface area contributed by atoms with E-state index >= 15 is 0 Å². The third-order valence-corrected chi connectivity index (χ3v) is 5.74. The number of aryl methyl sites for hydroxylation is 1. The van der Waals surface area contributed by atoms with E-state index in [-0.39, 0.29) is 30.0 Å². The molecule has 0 aliphatic carbocycles. The molecule has 0 aromatic carbocycles. The molecule has 3 heterocycles. The van der Waals surface area contributed by atoms with E-state index in [0.717, 1.165) is 5.76 Å². The largest absolute Gasteiger partial charge is 0.467 e. The second kappa shape index (κ2) is 6.68. The number of nitrogens with zero attached hydrogens (tertiary/aromatic N) is 1. The summed E-state index contributed by atoms with van der Waals surface area (Å²) in [5.74, 6) is 1.81. The molecule has 1 atom stereocenters. The molecule has 0 spiro atoms. The van der Waals surface area contributed by atoms with Crippen molar-refractivity contribution in [1.82, 2.24) is 4.90 Å². The maximum atomic E-state index is 12.6. The zero-order valence-corrected chi connectivity index (χ0v) is 14.2. The smallest absolute Gasteiger partial charge is 0.247 e. The molecule has 7 heteroatoms. The minimum absolute atomic E-state index is 0.00680. The van der Waals surface area contributed by atoms with Crippen molar-refractivity contribution in [3.8, 4) is 0 Å². The van der Waals surface area contributed by atoms with E-state index in [9.17, 15) is 13.2 Å². The fourth-order valence-corrected chi connectivity index (χ4v) is 4.50. The molecular weight excluding hydrogens is 330 g/mol. The predicted octanol–water partition coefficient (Wildman–Crippen LogP) is 2.41. The molecule has 1 fully saturated rings. The van der Waals surface area contributed by atoms with Crippen molar-refractivity contribution in [2.75, 3.05) is 11.5 Å². The van der Waals surface area contributed by atoms with Gasteiger partial charge in [-0.1, -0.05) is 0 Å². The Morgan fingerprint density at radius 1 is 1.38 bits per heavy atom. The van der Waals surface area contributed by atoms with E-state index in [2.05, 4.69) is 0 Å². The average Bonchev–Trinajstić information content (AvgIpc) is 3.24. The van der Waals surface area contributed by atoms with Gasteiger partial charge in [0, 0.05) is 12.1 Å². The van der Waals surface area contributed by atoms with Crippen LogP contribution in [0.4, 0.5) is 0 Å². The van der Waals surface area contributed by atoms with Gasteiger partial charge < -0.3 is 13.7 Å². The molecule has 1 saturated heterocycles. The lowest BCUT2D eigenvalue weighted by atomic mass is 10.2. The lowest BCUT2D eigenvalue weighted by molar-refractivity contribution is -0.128. The monoisotopic (exact) mass is 349 g/mol. The van der Waals surface area contributed by atoms with Crippen LogP contribution in [0.5, 0.6) is 0 Å². The molecule has 1 aliphatic heterocycles. The first kappa shape index (κ1) is 16.6. The van der Waals surface area contributed by atoms with Crippen LogP contribution in [0.2, 0.25) is 0 Å². The molecule has 2 aromatic heterocycles. The number of sulfone groups is 1. The summed E-state index contributed by atoms with van der Waals surface area (Å²) < 4.78 is 34.2. The van der Waals surface area contributed by atoms with Gasteiger partial charge in [0.1, 0.15) is 17.3 Å². The Morgan fingerprint density at radius 2 is 2.21 bits per heavy atom. The highest BCUT2D eigenvalue weighted by Gasteiger charge is 2.34.